The van der Waals surface area contributed by atoms with Crippen molar-refractivity contribution in [2.75, 3.05) is 12.4 Å². The predicted molar refractivity (Wildman–Crippen MR) is 111 cm³/mol. The molecule has 0 bridgehead atoms. The highest BCUT2D eigenvalue weighted by atomic mass is 35.5. The molecule has 0 saturated carbocycles. The Morgan fingerprint density at radius 1 is 1.03 bits per heavy atom. The molecule has 0 saturated heterocycles. The third-order valence-corrected chi connectivity index (χ3v) is 4.61. The molecular weight excluding hydrogens is 390 g/mol. The molecule has 4 rings (SSSR count). The summed E-state index contributed by atoms with van der Waals surface area (Å²) in [7, 11) is 1.59. The lowest BCUT2D eigenvalue weighted by Crippen LogP contribution is -2.13. The van der Waals surface area contributed by atoms with E-state index in [2.05, 4.69) is 15.5 Å². The van der Waals surface area contributed by atoms with Crippen LogP contribution in [0.15, 0.2) is 77.3 Å². The highest BCUT2D eigenvalue weighted by Gasteiger charge is 2.19. The number of hydrogen-bond donors (Lipinski definition) is 1. The molecule has 0 aliphatic carbocycles. The number of anilines is 1. The normalized spacial score (nSPS) is 10.6. The number of rotatable bonds is 5. The van der Waals surface area contributed by atoms with E-state index in [0.717, 1.165) is 5.56 Å². The quantitative estimate of drug-likeness (QED) is 0.486. The minimum Gasteiger partial charge on any atom is -0.497 e. The van der Waals surface area contributed by atoms with E-state index in [-0.39, 0.29) is 11.8 Å². The van der Waals surface area contributed by atoms with E-state index in [4.69, 9.17) is 20.9 Å². The monoisotopic (exact) mass is 405 g/mol. The van der Waals surface area contributed by atoms with Crippen LogP contribution < -0.4 is 10.1 Å². The van der Waals surface area contributed by atoms with Crippen molar-refractivity contribution >= 4 is 23.2 Å². The number of nitrogens with one attached hydrogen (secondary N) is 1. The standard InChI is InChI=1S/C22H16ClN3O3/c1-28-15-8-6-7-14(13-15)20-25-22(29-26-20)17-10-3-2-9-16(17)21(27)24-19-12-5-4-11-18(19)23/h2-13H,1H3,(H,24,27). The van der Waals surface area contributed by atoms with Gasteiger partial charge in [0.2, 0.25) is 5.82 Å². The SMILES string of the molecule is COc1cccc(-c2noc(-c3ccccc3C(=O)Nc3ccccc3Cl)n2)c1. The Labute approximate surface area is 172 Å². The Kier molecular flexibility index (Phi) is 5.27. The third-order valence-electron chi connectivity index (χ3n) is 4.28. The number of benzene rings is 3. The number of amides is 1. The second kappa shape index (κ2) is 8.16. The smallest absolute Gasteiger partial charge is 0.259 e. The van der Waals surface area contributed by atoms with Crippen molar-refractivity contribution in [3.8, 4) is 28.6 Å². The van der Waals surface area contributed by atoms with Gasteiger partial charge in [-0.05, 0) is 36.4 Å². The maximum absolute atomic E-state index is 12.8. The molecular formula is C22H16ClN3O3. The zero-order chi connectivity index (χ0) is 20.2. The summed E-state index contributed by atoms with van der Waals surface area (Å²) in [4.78, 5) is 17.3. The Bertz CT molecular complexity index is 1170. The van der Waals surface area contributed by atoms with Crippen molar-refractivity contribution < 1.29 is 14.1 Å². The molecule has 0 fully saturated rings. The molecule has 1 heterocycles. The van der Waals surface area contributed by atoms with Crippen LogP contribution in [-0.2, 0) is 0 Å². The van der Waals surface area contributed by atoms with Crippen LogP contribution in [0.3, 0.4) is 0 Å². The molecule has 29 heavy (non-hydrogen) atoms. The minimum absolute atomic E-state index is 0.243. The fraction of sp³-hybridized carbons (Fsp3) is 0.0455. The zero-order valence-corrected chi connectivity index (χ0v) is 16.2. The molecule has 1 aromatic heterocycles. The van der Waals surface area contributed by atoms with Crippen molar-refractivity contribution in [3.63, 3.8) is 0 Å². The highest BCUT2D eigenvalue weighted by Crippen LogP contribution is 2.28. The maximum atomic E-state index is 12.8. The van der Waals surface area contributed by atoms with Crippen LogP contribution in [0.25, 0.3) is 22.8 Å². The number of methoxy groups -OCH3 is 1. The number of halogens is 1. The van der Waals surface area contributed by atoms with Gasteiger partial charge in [0, 0.05) is 5.56 Å². The molecule has 7 heteroatoms. The van der Waals surface area contributed by atoms with Gasteiger partial charge < -0.3 is 14.6 Å². The fourth-order valence-electron chi connectivity index (χ4n) is 2.83. The molecule has 0 atom stereocenters. The molecule has 0 radical (unpaired) electrons. The molecule has 144 valence electrons. The summed E-state index contributed by atoms with van der Waals surface area (Å²) in [5.41, 5.74) is 2.20. The van der Waals surface area contributed by atoms with E-state index in [1.165, 1.54) is 0 Å². The number of nitrogens with zero attached hydrogens (tertiary/aromatic N) is 2. The first-order chi connectivity index (χ1) is 14.2. The summed E-state index contributed by atoms with van der Waals surface area (Å²) in [5, 5.41) is 7.31. The molecule has 0 unspecified atom stereocenters. The number of para-hydroxylation sites is 1. The first-order valence-corrected chi connectivity index (χ1v) is 9.17. The van der Waals surface area contributed by atoms with Gasteiger partial charge in [0.05, 0.1) is 28.9 Å². The zero-order valence-electron chi connectivity index (χ0n) is 15.4. The highest BCUT2D eigenvalue weighted by molar-refractivity contribution is 6.34. The maximum Gasteiger partial charge on any atom is 0.259 e. The van der Waals surface area contributed by atoms with Crippen molar-refractivity contribution in [3.05, 3.63) is 83.4 Å². The predicted octanol–water partition coefficient (Wildman–Crippen LogP) is 5.32. The largest absolute Gasteiger partial charge is 0.497 e. The van der Waals surface area contributed by atoms with Crippen molar-refractivity contribution in [1.82, 2.24) is 10.1 Å². The topological polar surface area (TPSA) is 77.2 Å². The Morgan fingerprint density at radius 2 is 1.83 bits per heavy atom. The Morgan fingerprint density at radius 3 is 2.66 bits per heavy atom. The lowest BCUT2D eigenvalue weighted by Gasteiger charge is -2.09. The molecule has 0 aliphatic heterocycles. The summed E-state index contributed by atoms with van der Waals surface area (Å²) in [6.07, 6.45) is 0. The first kappa shape index (κ1) is 18.7. The van der Waals surface area contributed by atoms with E-state index >= 15 is 0 Å². The number of ether oxygens (including phenoxy) is 1. The van der Waals surface area contributed by atoms with Crippen LogP contribution in [0.4, 0.5) is 5.69 Å². The van der Waals surface area contributed by atoms with E-state index in [1.807, 2.05) is 24.3 Å². The van der Waals surface area contributed by atoms with Gasteiger partial charge in [-0.25, -0.2) is 0 Å². The molecule has 3 aromatic carbocycles. The summed E-state index contributed by atoms with van der Waals surface area (Å²) in [6, 6.07) is 21.4. The number of aromatic nitrogens is 2. The van der Waals surface area contributed by atoms with E-state index in [0.29, 0.717) is 33.4 Å². The minimum atomic E-state index is -0.324. The molecule has 0 spiro atoms. The van der Waals surface area contributed by atoms with Gasteiger partial charge in [-0.1, -0.05) is 53.2 Å². The molecule has 6 nitrogen and oxygen atoms in total. The third kappa shape index (κ3) is 3.97. The van der Waals surface area contributed by atoms with Crippen LogP contribution >= 0.6 is 11.6 Å². The molecule has 4 aromatic rings. The van der Waals surface area contributed by atoms with Crippen LogP contribution in [0.5, 0.6) is 5.75 Å². The van der Waals surface area contributed by atoms with E-state index in [1.54, 1.807) is 55.6 Å². The van der Waals surface area contributed by atoms with Gasteiger partial charge in [0.1, 0.15) is 5.75 Å². The van der Waals surface area contributed by atoms with Crippen LogP contribution in [0.1, 0.15) is 10.4 Å². The summed E-state index contributed by atoms with van der Waals surface area (Å²) >= 11 is 6.14. The molecule has 0 aliphatic rings. The fourth-order valence-corrected chi connectivity index (χ4v) is 3.02. The van der Waals surface area contributed by atoms with Gasteiger partial charge in [-0.15, -0.1) is 0 Å². The van der Waals surface area contributed by atoms with Crippen LogP contribution in [0, 0.1) is 0 Å². The second-order valence-corrected chi connectivity index (χ2v) is 6.54. The Hall–Kier alpha value is -3.64. The number of carbonyl (C=O) groups is 1. The lowest BCUT2D eigenvalue weighted by atomic mass is 10.1. The molecule has 1 N–H and O–H groups in total. The van der Waals surface area contributed by atoms with E-state index in [9.17, 15) is 4.79 Å². The average Bonchev–Trinajstić information content (AvgIpc) is 3.25. The summed E-state index contributed by atoms with van der Waals surface area (Å²) < 4.78 is 10.7. The van der Waals surface area contributed by atoms with Crippen LogP contribution in [0.2, 0.25) is 5.02 Å². The molecule has 1 amide bonds. The van der Waals surface area contributed by atoms with Gasteiger partial charge in [-0.3, -0.25) is 4.79 Å². The Balaban J connectivity index is 1.66. The van der Waals surface area contributed by atoms with Crippen LogP contribution in [-0.4, -0.2) is 23.2 Å². The average molecular weight is 406 g/mol. The van der Waals surface area contributed by atoms with E-state index < -0.39 is 0 Å². The number of carbonyl (C=O) groups excluding carboxylic acids is 1. The van der Waals surface area contributed by atoms with Gasteiger partial charge in [0.15, 0.2) is 0 Å². The van der Waals surface area contributed by atoms with Crippen molar-refractivity contribution in [2.45, 2.75) is 0 Å². The van der Waals surface area contributed by atoms with Gasteiger partial charge in [-0.2, -0.15) is 4.98 Å². The van der Waals surface area contributed by atoms with Gasteiger partial charge >= 0.3 is 0 Å². The first-order valence-electron chi connectivity index (χ1n) is 8.79. The van der Waals surface area contributed by atoms with Crippen molar-refractivity contribution in [2.24, 2.45) is 0 Å². The summed E-state index contributed by atoms with van der Waals surface area (Å²) in [6.45, 7) is 0. The lowest BCUT2D eigenvalue weighted by molar-refractivity contribution is 0.102. The van der Waals surface area contributed by atoms with Gasteiger partial charge in [0.25, 0.3) is 11.8 Å². The second-order valence-electron chi connectivity index (χ2n) is 6.13. The van der Waals surface area contributed by atoms with Crippen molar-refractivity contribution in [1.29, 1.82) is 0 Å². The summed E-state index contributed by atoms with van der Waals surface area (Å²) in [5.74, 6) is 1.01. The number of hydrogen-bond acceptors (Lipinski definition) is 5.